The number of amides is 1. The van der Waals surface area contributed by atoms with Gasteiger partial charge in [-0.25, -0.2) is 9.97 Å². The van der Waals surface area contributed by atoms with Crippen molar-refractivity contribution in [2.45, 2.75) is 20.4 Å². The lowest BCUT2D eigenvalue weighted by Gasteiger charge is -2.10. The highest BCUT2D eigenvalue weighted by Gasteiger charge is 2.11. The molecule has 104 valence electrons. The molecule has 6 nitrogen and oxygen atoms in total. The van der Waals surface area contributed by atoms with Crippen LogP contribution in [0.3, 0.4) is 0 Å². The molecule has 20 heavy (non-hydrogen) atoms. The SMILES string of the molecule is Cc1ccc(C(=O)NCc2ccnc(C)n2)c(NN)c1. The Balaban J connectivity index is 2.09. The zero-order valence-electron chi connectivity index (χ0n) is 11.5. The van der Waals surface area contributed by atoms with Gasteiger partial charge < -0.3 is 10.7 Å². The molecule has 0 aliphatic heterocycles. The van der Waals surface area contributed by atoms with Crippen LogP contribution in [0.5, 0.6) is 0 Å². The third-order valence-corrected chi connectivity index (χ3v) is 2.84. The summed E-state index contributed by atoms with van der Waals surface area (Å²) in [5, 5.41) is 2.81. The van der Waals surface area contributed by atoms with E-state index in [0.717, 1.165) is 11.3 Å². The maximum Gasteiger partial charge on any atom is 0.253 e. The van der Waals surface area contributed by atoms with Crippen LogP contribution in [-0.4, -0.2) is 15.9 Å². The summed E-state index contributed by atoms with van der Waals surface area (Å²) in [6, 6.07) is 7.20. The Morgan fingerprint density at radius 2 is 2.10 bits per heavy atom. The summed E-state index contributed by atoms with van der Waals surface area (Å²) in [6.07, 6.45) is 1.67. The van der Waals surface area contributed by atoms with Crippen molar-refractivity contribution in [3.63, 3.8) is 0 Å². The monoisotopic (exact) mass is 271 g/mol. The lowest BCUT2D eigenvalue weighted by Crippen LogP contribution is -2.25. The highest BCUT2D eigenvalue weighted by Crippen LogP contribution is 2.16. The Morgan fingerprint density at radius 3 is 2.80 bits per heavy atom. The number of hydrogen-bond acceptors (Lipinski definition) is 5. The minimum absolute atomic E-state index is 0.200. The topological polar surface area (TPSA) is 92.9 Å². The molecule has 0 fully saturated rings. The Hall–Kier alpha value is -2.47. The molecule has 1 aromatic carbocycles. The van der Waals surface area contributed by atoms with Gasteiger partial charge in [0.25, 0.3) is 5.91 Å². The van der Waals surface area contributed by atoms with E-state index in [1.807, 2.05) is 26.0 Å². The van der Waals surface area contributed by atoms with Gasteiger partial charge in [-0.15, -0.1) is 0 Å². The molecule has 0 radical (unpaired) electrons. The van der Waals surface area contributed by atoms with Crippen molar-refractivity contribution in [1.82, 2.24) is 15.3 Å². The normalized spacial score (nSPS) is 10.2. The van der Waals surface area contributed by atoms with E-state index in [1.54, 1.807) is 18.3 Å². The molecule has 2 rings (SSSR count). The number of rotatable bonds is 4. The molecule has 1 amide bonds. The van der Waals surface area contributed by atoms with E-state index in [2.05, 4.69) is 20.7 Å². The molecule has 1 heterocycles. The van der Waals surface area contributed by atoms with Crippen LogP contribution in [0.4, 0.5) is 5.69 Å². The van der Waals surface area contributed by atoms with Crippen molar-refractivity contribution < 1.29 is 4.79 Å². The second-order valence-corrected chi connectivity index (χ2v) is 4.47. The Morgan fingerprint density at radius 1 is 1.30 bits per heavy atom. The lowest BCUT2D eigenvalue weighted by molar-refractivity contribution is 0.0951. The van der Waals surface area contributed by atoms with Crippen molar-refractivity contribution in [1.29, 1.82) is 0 Å². The van der Waals surface area contributed by atoms with Crippen LogP contribution >= 0.6 is 0 Å². The third-order valence-electron chi connectivity index (χ3n) is 2.84. The van der Waals surface area contributed by atoms with Crippen molar-refractivity contribution >= 4 is 11.6 Å². The summed E-state index contributed by atoms with van der Waals surface area (Å²) in [5.41, 5.74) is 5.43. The van der Waals surface area contributed by atoms with Crippen LogP contribution in [-0.2, 0) is 6.54 Å². The van der Waals surface area contributed by atoms with E-state index in [4.69, 9.17) is 5.84 Å². The minimum atomic E-state index is -0.200. The van der Waals surface area contributed by atoms with E-state index in [1.165, 1.54) is 0 Å². The zero-order valence-corrected chi connectivity index (χ0v) is 11.5. The van der Waals surface area contributed by atoms with Gasteiger partial charge in [-0.05, 0) is 37.6 Å². The molecule has 0 saturated heterocycles. The fourth-order valence-electron chi connectivity index (χ4n) is 1.85. The average molecular weight is 271 g/mol. The average Bonchev–Trinajstić information content (AvgIpc) is 2.44. The number of hydrazine groups is 1. The summed E-state index contributed by atoms with van der Waals surface area (Å²) in [4.78, 5) is 20.4. The van der Waals surface area contributed by atoms with E-state index >= 15 is 0 Å². The van der Waals surface area contributed by atoms with Crippen LogP contribution in [0, 0.1) is 13.8 Å². The van der Waals surface area contributed by atoms with E-state index in [0.29, 0.717) is 23.6 Å². The maximum atomic E-state index is 12.1. The molecule has 2 aromatic rings. The lowest BCUT2D eigenvalue weighted by atomic mass is 10.1. The fourth-order valence-corrected chi connectivity index (χ4v) is 1.85. The van der Waals surface area contributed by atoms with Crippen LogP contribution in [0.25, 0.3) is 0 Å². The molecule has 0 saturated carbocycles. The molecule has 6 heteroatoms. The van der Waals surface area contributed by atoms with Gasteiger partial charge >= 0.3 is 0 Å². The van der Waals surface area contributed by atoms with Gasteiger partial charge in [-0.3, -0.25) is 10.6 Å². The van der Waals surface area contributed by atoms with E-state index in [9.17, 15) is 4.79 Å². The summed E-state index contributed by atoms with van der Waals surface area (Å²) in [7, 11) is 0. The molecule has 0 unspecified atom stereocenters. The van der Waals surface area contributed by atoms with Crippen LogP contribution in [0.1, 0.15) is 27.4 Å². The predicted octanol–water partition coefficient (Wildman–Crippen LogP) is 1.31. The maximum absolute atomic E-state index is 12.1. The Kier molecular flexibility index (Phi) is 4.27. The number of benzene rings is 1. The zero-order chi connectivity index (χ0) is 14.5. The molecule has 0 atom stereocenters. The highest BCUT2D eigenvalue weighted by molar-refractivity contribution is 5.99. The first kappa shape index (κ1) is 14.0. The second-order valence-electron chi connectivity index (χ2n) is 4.47. The quantitative estimate of drug-likeness (QED) is 0.576. The van der Waals surface area contributed by atoms with Crippen molar-refractivity contribution in [2.75, 3.05) is 5.43 Å². The van der Waals surface area contributed by atoms with E-state index < -0.39 is 0 Å². The summed E-state index contributed by atoms with van der Waals surface area (Å²) < 4.78 is 0. The fraction of sp³-hybridized carbons (Fsp3) is 0.214. The number of nitrogen functional groups attached to an aromatic ring is 1. The van der Waals surface area contributed by atoms with Gasteiger partial charge in [0.1, 0.15) is 5.82 Å². The first-order valence-corrected chi connectivity index (χ1v) is 6.24. The second kappa shape index (κ2) is 6.12. The first-order chi connectivity index (χ1) is 9.60. The van der Waals surface area contributed by atoms with E-state index in [-0.39, 0.29) is 5.91 Å². The van der Waals surface area contributed by atoms with Gasteiger partial charge in [0, 0.05) is 6.20 Å². The summed E-state index contributed by atoms with van der Waals surface area (Å²) >= 11 is 0. The molecule has 0 aliphatic rings. The summed E-state index contributed by atoms with van der Waals surface area (Å²) in [6.45, 7) is 4.09. The number of nitrogens with zero attached hydrogens (tertiary/aromatic N) is 2. The summed E-state index contributed by atoms with van der Waals surface area (Å²) in [5.74, 6) is 5.91. The Labute approximate surface area is 117 Å². The van der Waals surface area contributed by atoms with Gasteiger partial charge in [-0.2, -0.15) is 0 Å². The molecular weight excluding hydrogens is 254 g/mol. The molecule has 4 N–H and O–H groups in total. The van der Waals surface area contributed by atoms with Crippen LogP contribution in [0.2, 0.25) is 0 Å². The minimum Gasteiger partial charge on any atom is -0.346 e. The number of carbonyl (C=O) groups is 1. The Bertz CT molecular complexity index is 627. The standard InChI is InChI=1S/C14H17N5O/c1-9-3-4-12(13(7-9)19-15)14(20)17-8-11-5-6-16-10(2)18-11/h3-7,19H,8,15H2,1-2H3,(H,17,20). The number of nitrogens with one attached hydrogen (secondary N) is 2. The van der Waals surface area contributed by atoms with Crippen molar-refractivity contribution in [3.8, 4) is 0 Å². The van der Waals surface area contributed by atoms with Crippen LogP contribution in [0.15, 0.2) is 30.5 Å². The smallest absolute Gasteiger partial charge is 0.253 e. The number of carbonyl (C=O) groups excluding carboxylic acids is 1. The molecule has 1 aromatic heterocycles. The molecule has 0 aliphatic carbocycles. The van der Waals surface area contributed by atoms with Crippen molar-refractivity contribution in [3.05, 3.63) is 53.1 Å². The first-order valence-electron chi connectivity index (χ1n) is 6.24. The van der Waals surface area contributed by atoms with Gasteiger partial charge in [0.05, 0.1) is 23.5 Å². The van der Waals surface area contributed by atoms with Gasteiger partial charge in [0.15, 0.2) is 0 Å². The number of aryl methyl sites for hydroxylation is 2. The van der Waals surface area contributed by atoms with Gasteiger partial charge in [-0.1, -0.05) is 6.07 Å². The molecule has 0 spiro atoms. The van der Waals surface area contributed by atoms with Gasteiger partial charge in [0.2, 0.25) is 0 Å². The highest BCUT2D eigenvalue weighted by atomic mass is 16.1. The molecule has 0 bridgehead atoms. The van der Waals surface area contributed by atoms with Crippen LogP contribution < -0.4 is 16.6 Å². The molecular formula is C14H17N5O. The van der Waals surface area contributed by atoms with Crippen molar-refractivity contribution in [2.24, 2.45) is 5.84 Å². The number of anilines is 1. The largest absolute Gasteiger partial charge is 0.346 e. The number of hydrogen-bond donors (Lipinski definition) is 3. The predicted molar refractivity (Wildman–Crippen MR) is 76.9 cm³/mol. The number of aromatic nitrogens is 2. The third kappa shape index (κ3) is 3.30. The number of nitrogens with two attached hydrogens (primary N) is 1.